The monoisotopic (exact) mass is 446 g/mol. The second kappa shape index (κ2) is 10.1. The Hall–Kier alpha value is -2.14. The lowest BCUT2D eigenvalue weighted by atomic mass is 10.0. The Morgan fingerprint density at radius 3 is 2.03 bits per heavy atom. The zero-order chi connectivity index (χ0) is 20.8. The summed E-state index contributed by atoms with van der Waals surface area (Å²) in [5, 5.41) is 1.17. The number of carbonyl (C=O) groups is 1. The number of hydrogen-bond donors (Lipinski definition) is 0. The highest BCUT2D eigenvalue weighted by Gasteiger charge is 2.20. The highest BCUT2D eigenvalue weighted by Crippen LogP contribution is 2.41. The molecule has 3 aromatic carbocycles. The van der Waals surface area contributed by atoms with Crippen molar-refractivity contribution >= 4 is 40.7 Å². The van der Waals surface area contributed by atoms with Gasteiger partial charge in [0.25, 0.3) is 0 Å². The molecule has 0 aliphatic rings. The van der Waals surface area contributed by atoms with E-state index in [4.69, 9.17) is 32.7 Å². The first-order chi connectivity index (χ1) is 14.0. The molecule has 0 aliphatic carbocycles. The maximum atomic E-state index is 12.9. The molecule has 0 amide bonds. The van der Waals surface area contributed by atoms with Crippen LogP contribution in [0.15, 0.2) is 71.6 Å². The van der Waals surface area contributed by atoms with E-state index in [1.54, 1.807) is 50.2 Å². The summed E-state index contributed by atoms with van der Waals surface area (Å²) in [7, 11) is 3.20. The lowest BCUT2D eigenvalue weighted by molar-refractivity contribution is 0.0982. The molecule has 0 saturated heterocycles. The molecule has 6 heteroatoms. The molecule has 0 unspecified atom stereocenters. The van der Waals surface area contributed by atoms with Crippen molar-refractivity contribution in [2.45, 2.75) is 16.6 Å². The molecule has 3 nitrogen and oxygen atoms in total. The largest absolute Gasteiger partial charge is 0.493 e. The quantitative estimate of drug-likeness (QED) is 0.272. The zero-order valence-corrected chi connectivity index (χ0v) is 18.4. The van der Waals surface area contributed by atoms with E-state index in [0.29, 0.717) is 33.5 Å². The fourth-order valence-electron chi connectivity index (χ4n) is 2.88. The van der Waals surface area contributed by atoms with E-state index < -0.39 is 0 Å². The number of halogens is 2. The van der Waals surface area contributed by atoms with Crippen LogP contribution in [0.1, 0.15) is 27.6 Å². The third kappa shape index (κ3) is 5.69. The summed E-state index contributed by atoms with van der Waals surface area (Å²) in [6.07, 6.45) is 0.324. The van der Waals surface area contributed by atoms with Crippen LogP contribution in [0.3, 0.4) is 0 Å². The van der Waals surface area contributed by atoms with Gasteiger partial charge in [-0.1, -0.05) is 29.3 Å². The number of ketones is 1. The molecular formula is C23H20Cl2O3S. The molecule has 0 spiro atoms. The number of rotatable bonds is 8. The fourth-order valence-corrected chi connectivity index (χ4v) is 4.27. The third-order valence-corrected chi connectivity index (χ3v) is 6.18. The number of Topliss-reactive ketones (excluding diaryl/α,β-unsaturated/α-hetero) is 1. The van der Waals surface area contributed by atoms with E-state index in [1.165, 1.54) is 0 Å². The van der Waals surface area contributed by atoms with Gasteiger partial charge in [-0.15, -0.1) is 11.8 Å². The van der Waals surface area contributed by atoms with Crippen LogP contribution in [0, 0.1) is 0 Å². The predicted octanol–water partition coefficient (Wildman–Crippen LogP) is 7.12. The summed E-state index contributed by atoms with van der Waals surface area (Å²) in [5.74, 6) is 1.32. The SMILES string of the molecule is COc1ccc([C@@H](CC(=O)c2ccc(Cl)cc2)Sc2ccc(Cl)cc2)cc1OC. The summed E-state index contributed by atoms with van der Waals surface area (Å²) in [6.45, 7) is 0. The predicted molar refractivity (Wildman–Crippen MR) is 120 cm³/mol. The third-order valence-electron chi connectivity index (χ3n) is 4.41. The molecule has 29 heavy (non-hydrogen) atoms. The Balaban J connectivity index is 1.91. The van der Waals surface area contributed by atoms with Crippen molar-refractivity contribution in [1.82, 2.24) is 0 Å². The van der Waals surface area contributed by atoms with E-state index >= 15 is 0 Å². The summed E-state index contributed by atoms with van der Waals surface area (Å²) in [6, 6.07) is 20.3. The molecule has 150 valence electrons. The first-order valence-corrected chi connectivity index (χ1v) is 10.6. The molecule has 0 bridgehead atoms. The van der Waals surface area contributed by atoms with Crippen molar-refractivity contribution in [3.05, 3.63) is 87.9 Å². The Kier molecular flexibility index (Phi) is 7.48. The molecule has 3 aromatic rings. The molecule has 3 rings (SSSR count). The van der Waals surface area contributed by atoms with Gasteiger partial charge in [0.15, 0.2) is 17.3 Å². The van der Waals surface area contributed by atoms with Gasteiger partial charge in [0.1, 0.15) is 0 Å². The summed E-state index contributed by atoms with van der Waals surface area (Å²) >= 11 is 13.6. The molecule has 0 fully saturated rings. The highest BCUT2D eigenvalue weighted by atomic mass is 35.5. The van der Waals surface area contributed by atoms with Gasteiger partial charge in [0.05, 0.1) is 14.2 Å². The van der Waals surface area contributed by atoms with Crippen LogP contribution in [0.5, 0.6) is 11.5 Å². The first-order valence-electron chi connectivity index (χ1n) is 8.93. The fraction of sp³-hybridized carbons (Fsp3) is 0.174. The Morgan fingerprint density at radius 1 is 0.862 bits per heavy atom. The van der Waals surface area contributed by atoms with Gasteiger partial charge in [-0.25, -0.2) is 0 Å². The Morgan fingerprint density at radius 2 is 1.45 bits per heavy atom. The average molecular weight is 447 g/mol. The van der Waals surface area contributed by atoms with Crippen LogP contribution >= 0.6 is 35.0 Å². The van der Waals surface area contributed by atoms with Crippen LogP contribution in [-0.2, 0) is 0 Å². The van der Waals surface area contributed by atoms with Crippen molar-refractivity contribution in [2.75, 3.05) is 14.2 Å². The van der Waals surface area contributed by atoms with Crippen molar-refractivity contribution in [3.63, 3.8) is 0 Å². The number of thioether (sulfide) groups is 1. The summed E-state index contributed by atoms with van der Waals surface area (Å²) in [5.41, 5.74) is 1.61. The maximum absolute atomic E-state index is 12.9. The van der Waals surface area contributed by atoms with Crippen LogP contribution in [0.25, 0.3) is 0 Å². The number of hydrogen-bond acceptors (Lipinski definition) is 4. The molecule has 0 N–H and O–H groups in total. The first kappa shape index (κ1) is 21.6. The molecular weight excluding hydrogens is 427 g/mol. The van der Waals surface area contributed by atoms with Crippen LogP contribution in [-0.4, -0.2) is 20.0 Å². The molecule has 1 atom stereocenters. The van der Waals surface area contributed by atoms with Crippen LogP contribution < -0.4 is 9.47 Å². The molecule has 0 aliphatic heterocycles. The van der Waals surface area contributed by atoms with Gasteiger partial charge >= 0.3 is 0 Å². The number of benzene rings is 3. The minimum atomic E-state index is -0.112. The smallest absolute Gasteiger partial charge is 0.164 e. The second-order valence-electron chi connectivity index (χ2n) is 6.31. The number of ether oxygens (including phenoxy) is 2. The maximum Gasteiger partial charge on any atom is 0.164 e. The minimum Gasteiger partial charge on any atom is -0.493 e. The molecule has 0 aromatic heterocycles. The van der Waals surface area contributed by atoms with Gasteiger partial charge in [0.2, 0.25) is 0 Å². The standard InChI is InChI=1S/C23H20Cl2O3S/c1-27-21-12-5-16(13-22(21)28-2)23(29-19-10-8-18(25)9-11-19)14-20(26)15-3-6-17(24)7-4-15/h3-13,23H,14H2,1-2H3/t23-/m1/s1. The lowest BCUT2D eigenvalue weighted by Gasteiger charge is -2.18. The average Bonchev–Trinajstić information content (AvgIpc) is 2.74. The van der Waals surface area contributed by atoms with Gasteiger partial charge in [0, 0.05) is 32.2 Å². The van der Waals surface area contributed by atoms with Gasteiger partial charge < -0.3 is 9.47 Å². The van der Waals surface area contributed by atoms with Gasteiger partial charge in [-0.3, -0.25) is 4.79 Å². The van der Waals surface area contributed by atoms with Crippen molar-refractivity contribution < 1.29 is 14.3 Å². The van der Waals surface area contributed by atoms with Crippen LogP contribution in [0.2, 0.25) is 10.0 Å². The lowest BCUT2D eigenvalue weighted by Crippen LogP contribution is -2.06. The normalized spacial score (nSPS) is 11.7. The van der Waals surface area contributed by atoms with Crippen LogP contribution in [0.4, 0.5) is 0 Å². The number of methoxy groups -OCH3 is 2. The Bertz CT molecular complexity index is 972. The topological polar surface area (TPSA) is 35.5 Å². The van der Waals surface area contributed by atoms with E-state index in [-0.39, 0.29) is 11.0 Å². The zero-order valence-electron chi connectivity index (χ0n) is 16.0. The summed E-state index contributed by atoms with van der Waals surface area (Å²) in [4.78, 5) is 14.0. The highest BCUT2D eigenvalue weighted by molar-refractivity contribution is 7.99. The molecule has 0 saturated carbocycles. The van der Waals surface area contributed by atoms with Gasteiger partial charge in [-0.2, -0.15) is 0 Å². The summed E-state index contributed by atoms with van der Waals surface area (Å²) < 4.78 is 10.8. The van der Waals surface area contributed by atoms with Crippen molar-refractivity contribution in [3.8, 4) is 11.5 Å². The molecule has 0 heterocycles. The van der Waals surface area contributed by atoms with Gasteiger partial charge in [-0.05, 0) is 66.2 Å². The van der Waals surface area contributed by atoms with E-state index in [1.807, 2.05) is 42.5 Å². The number of carbonyl (C=O) groups excluding carboxylic acids is 1. The minimum absolute atomic E-state index is 0.0444. The van der Waals surface area contributed by atoms with E-state index in [2.05, 4.69) is 0 Å². The Labute approximate surface area is 184 Å². The van der Waals surface area contributed by atoms with Crippen molar-refractivity contribution in [1.29, 1.82) is 0 Å². The van der Waals surface area contributed by atoms with E-state index in [9.17, 15) is 4.79 Å². The molecule has 0 radical (unpaired) electrons. The van der Waals surface area contributed by atoms with Crippen molar-refractivity contribution in [2.24, 2.45) is 0 Å². The second-order valence-corrected chi connectivity index (χ2v) is 8.46. The van der Waals surface area contributed by atoms with E-state index in [0.717, 1.165) is 10.5 Å².